The van der Waals surface area contributed by atoms with E-state index in [0.29, 0.717) is 43.4 Å². The van der Waals surface area contributed by atoms with Gasteiger partial charge in [-0.3, -0.25) is 4.79 Å². The summed E-state index contributed by atoms with van der Waals surface area (Å²) in [5.41, 5.74) is 0.551. The zero-order chi connectivity index (χ0) is 13.0. The summed E-state index contributed by atoms with van der Waals surface area (Å²) in [6.07, 6.45) is 0. The van der Waals surface area contributed by atoms with Gasteiger partial charge in [0.25, 0.3) is 5.91 Å². The summed E-state index contributed by atoms with van der Waals surface area (Å²) < 4.78 is 10.8. The molecule has 0 atom stereocenters. The lowest BCUT2D eigenvalue weighted by Gasteiger charge is -2.22. The number of hydrogen-bond acceptors (Lipinski definition) is 4. The van der Waals surface area contributed by atoms with Crippen LogP contribution >= 0.6 is 0 Å². The van der Waals surface area contributed by atoms with E-state index in [9.17, 15) is 4.79 Å². The molecule has 0 spiro atoms. The van der Waals surface area contributed by atoms with Gasteiger partial charge in [-0.2, -0.15) is 0 Å². The summed E-state index contributed by atoms with van der Waals surface area (Å²) in [5, 5.41) is 8.92. The minimum absolute atomic E-state index is 0.0376. The molecule has 1 aromatic rings. The minimum Gasteiger partial charge on any atom is -0.486 e. The van der Waals surface area contributed by atoms with E-state index < -0.39 is 0 Å². The fraction of sp³-hybridized carbons (Fsp3) is 0.462. The largest absolute Gasteiger partial charge is 0.486 e. The molecule has 1 heterocycles. The van der Waals surface area contributed by atoms with Crippen LogP contribution in [-0.4, -0.2) is 48.8 Å². The molecule has 0 aromatic heterocycles. The number of aliphatic hydroxyl groups excluding tert-OH is 1. The number of benzene rings is 1. The van der Waals surface area contributed by atoms with E-state index in [0.717, 1.165) is 0 Å². The number of aliphatic hydroxyl groups is 1. The quantitative estimate of drug-likeness (QED) is 0.864. The van der Waals surface area contributed by atoms with Crippen molar-refractivity contribution in [2.45, 2.75) is 6.92 Å². The Bertz CT molecular complexity index is 433. The van der Waals surface area contributed by atoms with Crippen LogP contribution in [0.15, 0.2) is 18.2 Å². The first-order chi connectivity index (χ1) is 8.76. The van der Waals surface area contributed by atoms with E-state index in [4.69, 9.17) is 14.6 Å². The smallest absolute Gasteiger partial charge is 0.254 e. The van der Waals surface area contributed by atoms with Gasteiger partial charge in [0.2, 0.25) is 0 Å². The normalized spacial score (nSPS) is 13.2. The molecule has 0 saturated carbocycles. The number of carbonyl (C=O) groups is 1. The van der Waals surface area contributed by atoms with Crippen LogP contribution in [0.5, 0.6) is 11.5 Å². The lowest BCUT2D eigenvalue weighted by atomic mass is 10.1. The molecule has 0 aliphatic carbocycles. The SMILES string of the molecule is CCN(CCO)C(=O)c1ccc2c(c1)OCCO2. The molecule has 5 nitrogen and oxygen atoms in total. The molecule has 0 saturated heterocycles. The predicted molar refractivity (Wildman–Crippen MR) is 66.1 cm³/mol. The molecule has 1 aliphatic rings. The predicted octanol–water partition coefficient (Wildman–Crippen LogP) is 0.912. The average molecular weight is 251 g/mol. The number of ether oxygens (including phenoxy) is 2. The number of amides is 1. The van der Waals surface area contributed by atoms with Crippen molar-refractivity contribution in [2.24, 2.45) is 0 Å². The second-order valence-electron chi connectivity index (χ2n) is 3.97. The Balaban J connectivity index is 2.19. The number of hydrogen-bond donors (Lipinski definition) is 1. The van der Waals surface area contributed by atoms with E-state index in [1.54, 1.807) is 23.1 Å². The molecular formula is C13H17NO4. The maximum Gasteiger partial charge on any atom is 0.254 e. The van der Waals surface area contributed by atoms with Gasteiger partial charge in [-0.15, -0.1) is 0 Å². The van der Waals surface area contributed by atoms with E-state index >= 15 is 0 Å². The Morgan fingerprint density at radius 3 is 2.72 bits per heavy atom. The van der Waals surface area contributed by atoms with Crippen molar-refractivity contribution < 1.29 is 19.4 Å². The van der Waals surface area contributed by atoms with Crippen LogP contribution in [0.3, 0.4) is 0 Å². The van der Waals surface area contributed by atoms with Gasteiger partial charge in [0.05, 0.1) is 6.61 Å². The highest BCUT2D eigenvalue weighted by Gasteiger charge is 2.18. The number of likely N-dealkylation sites (N-methyl/N-ethyl adjacent to an activating group) is 1. The Morgan fingerprint density at radius 2 is 2.06 bits per heavy atom. The number of carbonyl (C=O) groups excluding carboxylic acids is 1. The van der Waals surface area contributed by atoms with Crippen LogP contribution in [0, 0.1) is 0 Å². The average Bonchev–Trinajstić information content (AvgIpc) is 2.43. The fourth-order valence-electron chi connectivity index (χ4n) is 1.88. The highest BCUT2D eigenvalue weighted by Crippen LogP contribution is 2.31. The summed E-state index contributed by atoms with van der Waals surface area (Å²) in [7, 11) is 0. The standard InChI is InChI=1S/C13H17NO4/c1-2-14(5-6-15)13(16)10-3-4-11-12(9-10)18-8-7-17-11/h3-4,9,15H,2,5-8H2,1H3. The summed E-state index contributed by atoms with van der Waals surface area (Å²) in [6, 6.07) is 5.15. The first kappa shape index (κ1) is 12.7. The van der Waals surface area contributed by atoms with E-state index in [-0.39, 0.29) is 12.5 Å². The Hall–Kier alpha value is -1.75. The maximum atomic E-state index is 12.2. The van der Waals surface area contributed by atoms with Crippen LogP contribution in [0.4, 0.5) is 0 Å². The van der Waals surface area contributed by atoms with Crippen LogP contribution in [-0.2, 0) is 0 Å². The maximum absolute atomic E-state index is 12.2. The molecule has 0 unspecified atom stereocenters. The Morgan fingerprint density at radius 1 is 1.33 bits per heavy atom. The lowest BCUT2D eigenvalue weighted by molar-refractivity contribution is 0.0731. The van der Waals surface area contributed by atoms with Crippen LogP contribution in [0.1, 0.15) is 17.3 Å². The van der Waals surface area contributed by atoms with Crippen molar-refractivity contribution in [1.82, 2.24) is 4.90 Å². The van der Waals surface area contributed by atoms with Gasteiger partial charge >= 0.3 is 0 Å². The highest BCUT2D eigenvalue weighted by molar-refractivity contribution is 5.95. The number of fused-ring (bicyclic) bond motifs is 1. The molecule has 1 N–H and O–H groups in total. The summed E-state index contributed by atoms with van der Waals surface area (Å²) in [6.45, 7) is 3.78. The molecular weight excluding hydrogens is 234 g/mol. The summed E-state index contributed by atoms with van der Waals surface area (Å²) in [4.78, 5) is 13.8. The number of rotatable bonds is 4. The molecule has 2 rings (SSSR count). The lowest BCUT2D eigenvalue weighted by Crippen LogP contribution is -2.33. The van der Waals surface area contributed by atoms with Gasteiger partial charge in [0.1, 0.15) is 13.2 Å². The fourth-order valence-corrected chi connectivity index (χ4v) is 1.88. The highest BCUT2D eigenvalue weighted by atomic mass is 16.6. The Labute approximate surface area is 106 Å². The monoisotopic (exact) mass is 251 g/mol. The Kier molecular flexibility index (Phi) is 4.04. The third-order valence-electron chi connectivity index (χ3n) is 2.83. The van der Waals surface area contributed by atoms with Gasteiger partial charge in [0, 0.05) is 18.7 Å². The first-order valence-corrected chi connectivity index (χ1v) is 6.06. The molecule has 1 aromatic carbocycles. The summed E-state index contributed by atoms with van der Waals surface area (Å²) in [5.74, 6) is 1.17. The van der Waals surface area contributed by atoms with Crippen molar-refractivity contribution in [1.29, 1.82) is 0 Å². The van der Waals surface area contributed by atoms with Gasteiger partial charge in [-0.05, 0) is 25.1 Å². The van der Waals surface area contributed by atoms with Crippen molar-refractivity contribution in [2.75, 3.05) is 32.9 Å². The van der Waals surface area contributed by atoms with Crippen molar-refractivity contribution in [3.63, 3.8) is 0 Å². The molecule has 1 amide bonds. The first-order valence-electron chi connectivity index (χ1n) is 6.06. The molecule has 5 heteroatoms. The second-order valence-corrected chi connectivity index (χ2v) is 3.97. The zero-order valence-electron chi connectivity index (χ0n) is 10.4. The van der Waals surface area contributed by atoms with Crippen molar-refractivity contribution in [3.8, 4) is 11.5 Å². The third kappa shape index (κ3) is 2.56. The number of nitrogens with zero attached hydrogens (tertiary/aromatic N) is 1. The summed E-state index contributed by atoms with van der Waals surface area (Å²) >= 11 is 0. The molecule has 0 fully saturated rings. The van der Waals surface area contributed by atoms with Crippen LogP contribution in [0.25, 0.3) is 0 Å². The van der Waals surface area contributed by atoms with Crippen LogP contribution in [0.2, 0.25) is 0 Å². The van der Waals surface area contributed by atoms with Crippen molar-refractivity contribution in [3.05, 3.63) is 23.8 Å². The zero-order valence-corrected chi connectivity index (χ0v) is 10.4. The topological polar surface area (TPSA) is 59.0 Å². The molecule has 98 valence electrons. The van der Waals surface area contributed by atoms with Gasteiger partial charge in [-0.25, -0.2) is 0 Å². The van der Waals surface area contributed by atoms with Crippen LogP contribution < -0.4 is 9.47 Å². The molecule has 0 bridgehead atoms. The third-order valence-corrected chi connectivity index (χ3v) is 2.83. The van der Waals surface area contributed by atoms with Gasteiger partial charge in [0.15, 0.2) is 11.5 Å². The minimum atomic E-state index is -0.108. The molecule has 18 heavy (non-hydrogen) atoms. The van der Waals surface area contributed by atoms with Crippen molar-refractivity contribution >= 4 is 5.91 Å². The van der Waals surface area contributed by atoms with Gasteiger partial charge < -0.3 is 19.5 Å². The van der Waals surface area contributed by atoms with E-state index in [1.165, 1.54) is 0 Å². The molecule has 1 aliphatic heterocycles. The van der Waals surface area contributed by atoms with Gasteiger partial charge in [-0.1, -0.05) is 0 Å². The second kappa shape index (κ2) is 5.73. The van der Waals surface area contributed by atoms with E-state index in [1.807, 2.05) is 6.92 Å². The van der Waals surface area contributed by atoms with E-state index in [2.05, 4.69) is 0 Å². The molecule has 0 radical (unpaired) electrons.